The van der Waals surface area contributed by atoms with Crippen molar-refractivity contribution in [1.29, 1.82) is 5.26 Å². The van der Waals surface area contributed by atoms with Gasteiger partial charge in [0.25, 0.3) is 0 Å². The standard InChI is InChI=1S/C21H26N4O3S/c1-16-6-5-13-25(15-16)29(26,27)18-9-7-17(8-10-18)20-23-19(14-22)21(28-20)24-11-3-2-4-12-24/h7-10,16H,2-6,11-13,15H2,1H3. The number of oxazole rings is 1. The van der Waals surface area contributed by atoms with Gasteiger partial charge in [-0.25, -0.2) is 8.42 Å². The molecule has 1 unspecified atom stereocenters. The number of sulfonamides is 1. The molecular weight excluding hydrogens is 388 g/mol. The van der Waals surface area contributed by atoms with Gasteiger partial charge in [-0.15, -0.1) is 0 Å². The highest BCUT2D eigenvalue weighted by molar-refractivity contribution is 7.89. The molecule has 2 fully saturated rings. The fourth-order valence-corrected chi connectivity index (χ4v) is 5.70. The van der Waals surface area contributed by atoms with Crippen molar-refractivity contribution < 1.29 is 12.8 Å². The molecule has 2 aliphatic rings. The Bertz CT molecular complexity index is 1000. The van der Waals surface area contributed by atoms with E-state index in [4.69, 9.17) is 4.42 Å². The zero-order chi connectivity index (χ0) is 20.4. The Balaban J connectivity index is 1.58. The molecule has 8 heteroatoms. The third kappa shape index (κ3) is 4.02. The summed E-state index contributed by atoms with van der Waals surface area (Å²) < 4.78 is 33.4. The molecule has 0 bridgehead atoms. The minimum Gasteiger partial charge on any atom is -0.419 e. The Morgan fingerprint density at radius 1 is 1.10 bits per heavy atom. The maximum atomic E-state index is 12.9. The van der Waals surface area contributed by atoms with E-state index in [1.54, 1.807) is 28.6 Å². The van der Waals surface area contributed by atoms with Crippen molar-refractivity contribution in [2.45, 2.75) is 43.9 Å². The summed E-state index contributed by atoms with van der Waals surface area (Å²) >= 11 is 0. The summed E-state index contributed by atoms with van der Waals surface area (Å²) in [4.78, 5) is 6.68. The molecule has 2 saturated heterocycles. The average Bonchev–Trinajstić information content (AvgIpc) is 3.19. The predicted octanol–water partition coefficient (Wildman–Crippen LogP) is 3.62. The second-order valence-corrected chi connectivity index (χ2v) is 9.91. The van der Waals surface area contributed by atoms with Gasteiger partial charge in [-0.1, -0.05) is 6.92 Å². The van der Waals surface area contributed by atoms with E-state index in [9.17, 15) is 13.7 Å². The highest BCUT2D eigenvalue weighted by Crippen LogP contribution is 2.31. The third-order valence-electron chi connectivity index (χ3n) is 5.72. The number of piperidine rings is 2. The zero-order valence-electron chi connectivity index (χ0n) is 16.7. The van der Waals surface area contributed by atoms with Gasteiger partial charge in [-0.05, 0) is 62.3 Å². The van der Waals surface area contributed by atoms with Crippen molar-refractivity contribution in [1.82, 2.24) is 9.29 Å². The molecule has 7 nitrogen and oxygen atoms in total. The molecule has 1 atom stereocenters. The summed E-state index contributed by atoms with van der Waals surface area (Å²) in [5.41, 5.74) is 0.941. The van der Waals surface area contributed by atoms with Crippen molar-refractivity contribution in [3.63, 3.8) is 0 Å². The van der Waals surface area contributed by atoms with E-state index in [2.05, 4.69) is 22.9 Å². The molecule has 0 N–H and O–H groups in total. The lowest BCUT2D eigenvalue weighted by Gasteiger charge is -2.30. The largest absolute Gasteiger partial charge is 0.419 e. The van der Waals surface area contributed by atoms with Gasteiger partial charge < -0.3 is 9.32 Å². The molecule has 0 saturated carbocycles. The van der Waals surface area contributed by atoms with Gasteiger partial charge >= 0.3 is 0 Å². The van der Waals surface area contributed by atoms with Crippen LogP contribution in [0.25, 0.3) is 11.5 Å². The summed E-state index contributed by atoms with van der Waals surface area (Å²) in [6.45, 7) is 4.93. The molecule has 3 heterocycles. The van der Waals surface area contributed by atoms with Crippen LogP contribution in [0.1, 0.15) is 44.7 Å². The van der Waals surface area contributed by atoms with Crippen molar-refractivity contribution in [3.8, 4) is 17.5 Å². The molecule has 4 rings (SSSR count). The average molecular weight is 415 g/mol. The number of nitriles is 1. The molecule has 2 aliphatic heterocycles. The molecule has 29 heavy (non-hydrogen) atoms. The van der Waals surface area contributed by atoms with Crippen molar-refractivity contribution in [2.24, 2.45) is 5.92 Å². The number of hydrogen-bond donors (Lipinski definition) is 0. The van der Waals surface area contributed by atoms with Gasteiger partial charge in [0.2, 0.25) is 27.5 Å². The van der Waals surface area contributed by atoms with Gasteiger partial charge in [0.05, 0.1) is 4.90 Å². The van der Waals surface area contributed by atoms with E-state index < -0.39 is 10.0 Å². The molecular formula is C21H26N4O3S. The van der Waals surface area contributed by atoms with Gasteiger partial charge in [-0.2, -0.15) is 14.6 Å². The summed E-state index contributed by atoms with van der Waals surface area (Å²) in [5.74, 6) is 1.24. The normalized spacial score (nSPS) is 21.1. The summed E-state index contributed by atoms with van der Waals surface area (Å²) in [7, 11) is -3.50. The van der Waals surface area contributed by atoms with E-state index in [1.165, 1.54) is 6.42 Å². The van der Waals surface area contributed by atoms with E-state index in [1.807, 2.05) is 0 Å². The third-order valence-corrected chi connectivity index (χ3v) is 7.60. The van der Waals surface area contributed by atoms with E-state index >= 15 is 0 Å². The number of benzene rings is 1. The monoisotopic (exact) mass is 414 g/mol. The fourth-order valence-electron chi connectivity index (χ4n) is 4.10. The maximum Gasteiger partial charge on any atom is 0.243 e. The Kier molecular flexibility index (Phi) is 5.61. The number of anilines is 1. The lowest BCUT2D eigenvalue weighted by atomic mass is 10.0. The Labute approximate surface area is 172 Å². The van der Waals surface area contributed by atoms with Crippen LogP contribution in [0.3, 0.4) is 0 Å². The number of hydrogen-bond acceptors (Lipinski definition) is 6. The molecule has 0 amide bonds. The van der Waals surface area contributed by atoms with E-state index in [-0.39, 0.29) is 10.6 Å². The van der Waals surface area contributed by atoms with Crippen LogP contribution in [0.2, 0.25) is 0 Å². The van der Waals surface area contributed by atoms with Crippen LogP contribution in [-0.2, 0) is 10.0 Å². The Morgan fingerprint density at radius 3 is 2.48 bits per heavy atom. The predicted molar refractivity (Wildman–Crippen MR) is 110 cm³/mol. The first kappa shape index (κ1) is 19.9. The Hall–Kier alpha value is -2.37. The van der Waals surface area contributed by atoms with Crippen LogP contribution in [-0.4, -0.2) is 43.9 Å². The molecule has 0 spiro atoms. The smallest absolute Gasteiger partial charge is 0.243 e. The second-order valence-electron chi connectivity index (χ2n) is 7.97. The van der Waals surface area contributed by atoms with Crippen LogP contribution in [0.15, 0.2) is 33.6 Å². The Morgan fingerprint density at radius 2 is 1.83 bits per heavy atom. The highest BCUT2D eigenvalue weighted by atomic mass is 32.2. The maximum absolute atomic E-state index is 12.9. The summed E-state index contributed by atoms with van der Waals surface area (Å²) in [6, 6.07) is 8.72. The summed E-state index contributed by atoms with van der Waals surface area (Å²) in [5, 5.41) is 9.44. The van der Waals surface area contributed by atoms with E-state index in [0.29, 0.717) is 36.3 Å². The van der Waals surface area contributed by atoms with Crippen molar-refractivity contribution in [3.05, 3.63) is 30.0 Å². The van der Waals surface area contributed by atoms with E-state index in [0.717, 1.165) is 38.8 Å². The van der Waals surface area contributed by atoms with Crippen molar-refractivity contribution >= 4 is 15.9 Å². The molecule has 154 valence electrons. The van der Waals surface area contributed by atoms with Crippen LogP contribution >= 0.6 is 0 Å². The van der Waals surface area contributed by atoms with Gasteiger partial charge in [0.15, 0.2) is 0 Å². The highest BCUT2D eigenvalue weighted by Gasteiger charge is 2.29. The van der Waals surface area contributed by atoms with Crippen LogP contribution in [0, 0.1) is 17.2 Å². The summed E-state index contributed by atoms with van der Waals surface area (Å²) in [6.07, 6.45) is 5.29. The SMILES string of the molecule is CC1CCCN(S(=O)(=O)c2ccc(-c3nc(C#N)c(N4CCCCC4)o3)cc2)C1. The molecule has 1 aromatic heterocycles. The second kappa shape index (κ2) is 8.17. The van der Waals surface area contributed by atoms with Crippen LogP contribution in [0.5, 0.6) is 0 Å². The quantitative estimate of drug-likeness (QED) is 0.759. The molecule has 0 radical (unpaired) electrons. The molecule has 0 aliphatic carbocycles. The molecule has 1 aromatic carbocycles. The number of nitrogens with zero attached hydrogens (tertiary/aromatic N) is 4. The van der Waals surface area contributed by atoms with Crippen LogP contribution in [0.4, 0.5) is 5.88 Å². The van der Waals surface area contributed by atoms with Gasteiger partial charge in [-0.3, -0.25) is 0 Å². The number of rotatable bonds is 4. The lowest BCUT2D eigenvalue weighted by molar-refractivity contribution is 0.281. The van der Waals surface area contributed by atoms with Gasteiger partial charge in [0.1, 0.15) is 6.07 Å². The zero-order valence-corrected chi connectivity index (χ0v) is 17.5. The minimum atomic E-state index is -3.50. The van der Waals surface area contributed by atoms with Crippen molar-refractivity contribution in [2.75, 3.05) is 31.1 Å². The number of aromatic nitrogens is 1. The van der Waals surface area contributed by atoms with Gasteiger partial charge in [0, 0.05) is 31.7 Å². The first-order chi connectivity index (χ1) is 14.0. The first-order valence-electron chi connectivity index (χ1n) is 10.3. The fraction of sp³-hybridized carbons (Fsp3) is 0.524. The molecule has 2 aromatic rings. The first-order valence-corrected chi connectivity index (χ1v) is 11.7. The topological polar surface area (TPSA) is 90.4 Å². The minimum absolute atomic E-state index is 0.277. The van der Waals surface area contributed by atoms with Crippen LogP contribution < -0.4 is 4.90 Å². The lowest BCUT2D eigenvalue weighted by Crippen LogP contribution is -2.39.